The lowest BCUT2D eigenvalue weighted by Gasteiger charge is -2.42. The van der Waals surface area contributed by atoms with Crippen molar-refractivity contribution in [1.29, 1.82) is 0 Å². The highest BCUT2D eigenvalue weighted by Gasteiger charge is 2.57. The first-order valence-electron chi connectivity index (χ1n) is 11.9. The molecule has 1 atom stereocenters. The van der Waals surface area contributed by atoms with Crippen LogP contribution in [0.15, 0.2) is 48.5 Å². The molecule has 2 aromatic rings. The topological polar surface area (TPSA) is 56.2 Å². The lowest BCUT2D eigenvalue weighted by molar-refractivity contribution is -0.262. The minimum absolute atomic E-state index is 0.0727. The number of rotatable bonds is 7. The van der Waals surface area contributed by atoms with Gasteiger partial charge in [-0.2, -0.15) is 13.2 Å². The highest BCUT2D eigenvalue weighted by atomic mass is 19.4. The summed E-state index contributed by atoms with van der Waals surface area (Å²) >= 11 is 0. The van der Waals surface area contributed by atoms with Crippen LogP contribution in [-0.4, -0.2) is 66.3 Å². The molecular weight excluding hydrogens is 457 g/mol. The van der Waals surface area contributed by atoms with E-state index in [-0.39, 0.29) is 12.3 Å². The molecule has 0 aromatic heterocycles. The Morgan fingerprint density at radius 2 is 1.74 bits per heavy atom. The summed E-state index contributed by atoms with van der Waals surface area (Å²) in [7, 11) is 0. The lowest BCUT2D eigenvalue weighted by atomic mass is 9.73. The summed E-state index contributed by atoms with van der Waals surface area (Å²) in [6.07, 6.45) is -1.78. The molecule has 2 N–H and O–H groups in total. The molecule has 0 spiro atoms. The van der Waals surface area contributed by atoms with E-state index < -0.39 is 30.2 Å². The van der Waals surface area contributed by atoms with Crippen molar-refractivity contribution in [2.24, 2.45) is 0 Å². The van der Waals surface area contributed by atoms with Gasteiger partial charge in [0.15, 0.2) is 5.60 Å². The van der Waals surface area contributed by atoms with Gasteiger partial charge in [-0.15, -0.1) is 0 Å². The molecule has 4 rings (SSSR count). The maximum absolute atomic E-state index is 14.4. The normalized spacial score (nSPS) is 18.9. The molecule has 0 saturated carbocycles. The number of aromatic hydroxyl groups is 1. The van der Waals surface area contributed by atoms with Crippen molar-refractivity contribution < 1.29 is 28.1 Å². The van der Waals surface area contributed by atoms with Crippen LogP contribution in [0.3, 0.4) is 0 Å². The quantitative estimate of drug-likeness (QED) is 0.588. The fourth-order valence-corrected chi connectivity index (χ4v) is 5.10. The Hall–Kier alpha value is -2.55. The number of aliphatic hydroxyl groups is 1. The first kappa shape index (κ1) is 25.5. The van der Waals surface area contributed by atoms with Crippen LogP contribution in [0.5, 0.6) is 5.75 Å². The van der Waals surface area contributed by atoms with E-state index >= 15 is 0 Å². The van der Waals surface area contributed by atoms with Crippen molar-refractivity contribution in [3.8, 4) is 5.75 Å². The van der Waals surface area contributed by atoms with E-state index in [4.69, 9.17) is 4.74 Å². The zero-order chi connectivity index (χ0) is 25.3. The fourth-order valence-electron chi connectivity index (χ4n) is 5.10. The zero-order valence-electron chi connectivity index (χ0n) is 20.2. The van der Waals surface area contributed by atoms with Crippen molar-refractivity contribution >= 4 is 11.8 Å². The van der Waals surface area contributed by atoms with Crippen LogP contribution in [0.4, 0.5) is 18.9 Å². The second-order valence-corrected chi connectivity index (χ2v) is 10.2. The van der Waals surface area contributed by atoms with Gasteiger partial charge in [-0.05, 0) is 40.7 Å². The van der Waals surface area contributed by atoms with Gasteiger partial charge in [0.05, 0.1) is 19.8 Å². The number of nitrogens with zero attached hydrogens (tertiary/aromatic N) is 2. The van der Waals surface area contributed by atoms with Gasteiger partial charge in [0.25, 0.3) is 0 Å². The fraction of sp³-hybridized carbons (Fsp3) is 0.481. The molecule has 0 amide bonds. The summed E-state index contributed by atoms with van der Waals surface area (Å²) < 4.78 is 48.6. The van der Waals surface area contributed by atoms with E-state index in [9.17, 15) is 23.4 Å². The number of phenolic OH excluding ortho intramolecular Hbond substituents is 1. The van der Waals surface area contributed by atoms with Gasteiger partial charge in [-0.1, -0.05) is 56.3 Å². The van der Waals surface area contributed by atoms with E-state index in [1.165, 1.54) is 6.07 Å². The Morgan fingerprint density at radius 1 is 1.03 bits per heavy atom. The third-order valence-electron chi connectivity index (χ3n) is 6.92. The highest BCUT2D eigenvalue weighted by Crippen LogP contribution is 2.45. The van der Waals surface area contributed by atoms with Gasteiger partial charge in [-0.3, -0.25) is 4.90 Å². The average Bonchev–Trinajstić information content (AvgIpc) is 2.80. The van der Waals surface area contributed by atoms with Crippen molar-refractivity contribution in [2.75, 3.05) is 44.3 Å². The van der Waals surface area contributed by atoms with Gasteiger partial charge in [0, 0.05) is 31.9 Å². The zero-order valence-corrected chi connectivity index (χ0v) is 20.2. The number of halogens is 3. The van der Waals surface area contributed by atoms with Gasteiger partial charge in [0.1, 0.15) is 5.75 Å². The molecule has 2 aliphatic heterocycles. The summed E-state index contributed by atoms with van der Waals surface area (Å²) in [5.41, 5.74) is -1.37. The summed E-state index contributed by atoms with van der Waals surface area (Å²) in [6, 6.07) is 12.3. The van der Waals surface area contributed by atoms with Crippen LogP contribution >= 0.6 is 0 Å². The van der Waals surface area contributed by atoms with E-state index in [1.54, 1.807) is 49.1 Å². The van der Waals surface area contributed by atoms with E-state index in [1.807, 2.05) is 18.2 Å². The number of anilines is 1. The number of alkyl halides is 3. The molecule has 2 aromatic carbocycles. The molecule has 8 heteroatoms. The Bertz CT molecular complexity index is 1060. The minimum atomic E-state index is -4.86. The minimum Gasteiger partial charge on any atom is -0.508 e. The molecular formula is C27H33F3N2O3. The number of para-hydroxylation sites is 1. The first-order valence-corrected chi connectivity index (χ1v) is 11.9. The number of β-amino-alcohol motifs (C(OH)–C–C–N with tert-alkyl or cyclic N) is 1. The van der Waals surface area contributed by atoms with Crippen molar-refractivity contribution in [1.82, 2.24) is 4.90 Å². The number of ether oxygens (including phenoxy) is 1. The largest absolute Gasteiger partial charge is 0.508 e. The Morgan fingerprint density at radius 3 is 2.46 bits per heavy atom. The standard InChI is InChI=1S/C27H33F3N2O3/c1-25(2,22-16-20(9-10-24(22)33)17-31-12-14-35-15-13-31)18-26(34,27(28,29)30)19-32-11-5-7-21-6-3-4-8-23(21)32/h3-10,16,33-34H,11-15,17-19H2,1-2H3. The molecule has 0 bridgehead atoms. The van der Waals surface area contributed by atoms with Crippen molar-refractivity contribution in [3.63, 3.8) is 0 Å². The molecule has 2 aliphatic rings. The molecule has 0 radical (unpaired) electrons. The predicted octanol–water partition coefficient (Wildman–Crippen LogP) is 4.72. The second-order valence-electron chi connectivity index (χ2n) is 10.2. The Labute approximate surface area is 204 Å². The Balaban J connectivity index is 1.60. The van der Waals surface area contributed by atoms with Crippen LogP contribution in [0.2, 0.25) is 0 Å². The van der Waals surface area contributed by atoms with Crippen LogP contribution in [0.1, 0.15) is 37.0 Å². The molecule has 1 fully saturated rings. The van der Waals surface area contributed by atoms with Crippen LogP contribution in [-0.2, 0) is 16.7 Å². The number of phenols is 1. The monoisotopic (exact) mass is 490 g/mol. The molecule has 2 heterocycles. The summed E-state index contributed by atoms with van der Waals surface area (Å²) in [4.78, 5) is 3.77. The number of hydrogen-bond acceptors (Lipinski definition) is 5. The third kappa shape index (κ3) is 5.66. The molecule has 1 saturated heterocycles. The molecule has 190 valence electrons. The molecule has 1 unspecified atom stereocenters. The summed E-state index contributed by atoms with van der Waals surface area (Å²) in [5.74, 6) is -0.0727. The number of hydrogen-bond donors (Lipinski definition) is 2. The lowest BCUT2D eigenvalue weighted by Crippen LogP contribution is -2.56. The summed E-state index contributed by atoms with van der Waals surface area (Å²) in [5, 5.41) is 21.8. The van der Waals surface area contributed by atoms with Gasteiger partial charge >= 0.3 is 6.18 Å². The van der Waals surface area contributed by atoms with Gasteiger partial charge in [-0.25, -0.2) is 0 Å². The maximum Gasteiger partial charge on any atom is 0.418 e. The van der Waals surface area contributed by atoms with Gasteiger partial charge < -0.3 is 19.8 Å². The summed E-state index contributed by atoms with van der Waals surface area (Å²) in [6.45, 7) is 6.41. The number of fused-ring (bicyclic) bond motifs is 1. The SMILES string of the molecule is CC(C)(CC(O)(CN1CC=Cc2ccccc21)C(F)(F)F)c1cc(CN2CCOCC2)ccc1O. The molecule has 35 heavy (non-hydrogen) atoms. The third-order valence-corrected chi connectivity index (χ3v) is 6.92. The van der Waals surface area contributed by atoms with Crippen LogP contribution < -0.4 is 4.90 Å². The van der Waals surface area contributed by atoms with E-state index in [2.05, 4.69) is 4.90 Å². The average molecular weight is 491 g/mol. The van der Waals surface area contributed by atoms with Crippen LogP contribution in [0, 0.1) is 0 Å². The first-order chi connectivity index (χ1) is 16.5. The van der Waals surface area contributed by atoms with Gasteiger partial charge in [0.2, 0.25) is 0 Å². The van der Waals surface area contributed by atoms with E-state index in [0.717, 1.165) is 24.2 Å². The number of morpholine rings is 1. The predicted molar refractivity (Wildman–Crippen MR) is 131 cm³/mol. The van der Waals surface area contributed by atoms with E-state index in [0.29, 0.717) is 31.0 Å². The molecule has 5 nitrogen and oxygen atoms in total. The van der Waals surface area contributed by atoms with Crippen molar-refractivity contribution in [3.05, 3.63) is 65.2 Å². The Kier molecular flexibility index (Phi) is 7.18. The highest BCUT2D eigenvalue weighted by molar-refractivity contribution is 5.71. The van der Waals surface area contributed by atoms with Crippen molar-refractivity contribution in [2.45, 2.75) is 44.0 Å². The second kappa shape index (κ2) is 9.84. The number of benzene rings is 2. The maximum atomic E-state index is 14.4. The smallest absolute Gasteiger partial charge is 0.418 e. The molecule has 0 aliphatic carbocycles. The van der Waals surface area contributed by atoms with Crippen LogP contribution in [0.25, 0.3) is 6.08 Å².